The molecule has 0 amide bonds. The van der Waals surface area contributed by atoms with Gasteiger partial charge in [-0.3, -0.25) is 9.59 Å². The number of aromatic amines is 1. The summed E-state index contributed by atoms with van der Waals surface area (Å²) in [5.74, 6) is 0.498. The lowest BCUT2D eigenvalue weighted by molar-refractivity contribution is 0.100. The number of fused-ring (bicyclic) bond motifs is 1. The van der Waals surface area contributed by atoms with Gasteiger partial charge in [0.15, 0.2) is 5.78 Å². The number of rotatable bonds is 9. The van der Waals surface area contributed by atoms with E-state index in [1.807, 2.05) is 24.3 Å². The van der Waals surface area contributed by atoms with Gasteiger partial charge in [0.1, 0.15) is 11.5 Å². The number of likely N-dealkylation sites (tertiary alicyclic amines) is 1. The Morgan fingerprint density at radius 2 is 1.59 bits per heavy atom. The molecular weight excluding hydrogens is 460 g/mol. The van der Waals surface area contributed by atoms with Crippen molar-refractivity contribution in [2.45, 2.75) is 44.9 Å². The van der Waals surface area contributed by atoms with E-state index >= 15 is 0 Å². The van der Waals surface area contributed by atoms with Crippen molar-refractivity contribution in [1.82, 2.24) is 14.9 Å². The van der Waals surface area contributed by atoms with E-state index in [0.717, 1.165) is 49.1 Å². The Kier molecular flexibility index (Phi) is 7.47. The lowest BCUT2D eigenvalue weighted by Gasteiger charge is -2.32. The normalized spacial score (nSPS) is 14.7. The highest BCUT2D eigenvalue weighted by molar-refractivity contribution is 6.19. The van der Waals surface area contributed by atoms with E-state index < -0.39 is 0 Å². The number of benzene rings is 2. The molecule has 0 bridgehead atoms. The zero-order chi connectivity index (χ0) is 25.8. The summed E-state index contributed by atoms with van der Waals surface area (Å²) in [7, 11) is 0. The summed E-state index contributed by atoms with van der Waals surface area (Å²) >= 11 is 0. The molecule has 1 saturated heterocycles. The molecule has 2 aromatic carbocycles. The van der Waals surface area contributed by atoms with Gasteiger partial charge in [-0.25, -0.2) is 4.98 Å². The van der Waals surface area contributed by atoms with Gasteiger partial charge in [0.2, 0.25) is 5.78 Å². The number of hydrogen-bond donors (Lipinski definition) is 2. The largest absolute Gasteiger partial charge is 0.385 e. The lowest BCUT2D eigenvalue weighted by atomic mass is 9.89. The fourth-order valence-electron chi connectivity index (χ4n) is 5.44. The first-order chi connectivity index (χ1) is 18.1. The average molecular weight is 495 g/mol. The van der Waals surface area contributed by atoms with Crippen molar-refractivity contribution in [2.24, 2.45) is 0 Å². The Morgan fingerprint density at radius 1 is 0.919 bits per heavy atom. The molecule has 3 heterocycles. The summed E-state index contributed by atoms with van der Waals surface area (Å²) < 4.78 is 0. The molecule has 0 atom stereocenters. The van der Waals surface area contributed by atoms with Gasteiger partial charge in [-0.15, -0.1) is 0 Å². The van der Waals surface area contributed by atoms with Crippen LogP contribution in [0.25, 0.3) is 11.0 Å². The zero-order valence-corrected chi connectivity index (χ0v) is 21.4. The first-order valence-electron chi connectivity index (χ1n) is 13.3. The summed E-state index contributed by atoms with van der Waals surface area (Å²) in [5, 5.41) is 0. The Labute approximate surface area is 217 Å². The van der Waals surface area contributed by atoms with Gasteiger partial charge in [-0.2, -0.15) is 0 Å². The van der Waals surface area contributed by atoms with Crippen LogP contribution in [-0.2, 0) is 0 Å². The van der Waals surface area contributed by atoms with Crippen LogP contribution in [0, 0.1) is 0 Å². The number of aromatic nitrogens is 2. The second-order valence-electron chi connectivity index (χ2n) is 9.94. The van der Waals surface area contributed by atoms with Crippen LogP contribution in [0.2, 0.25) is 0 Å². The monoisotopic (exact) mass is 494 g/mol. The third kappa shape index (κ3) is 5.20. The van der Waals surface area contributed by atoms with E-state index in [0.29, 0.717) is 34.1 Å². The average Bonchev–Trinajstić information content (AvgIpc) is 3.28. The number of nitrogens with one attached hydrogen (secondary N) is 1. The molecule has 0 radical (unpaired) electrons. The molecule has 2 aromatic heterocycles. The maximum absolute atomic E-state index is 13.6. The fourth-order valence-corrected chi connectivity index (χ4v) is 5.44. The van der Waals surface area contributed by atoms with Gasteiger partial charge in [0.05, 0.1) is 11.0 Å². The number of carbonyl (C=O) groups is 2. The number of unbranched alkanes of at least 4 members (excludes halogenated alkanes) is 2. The van der Waals surface area contributed by atoms with Gasteiger partial charge in [0.25, 0.3) is 0 Å². The van der Waals surface area contributed by atoms with E-state index in [-0.39, 0.29) is 11.6 Å². The van der Waals surface area contributed by atoms with Crippen LogP contribution in [0.4, 0.5) is 5.82 Å². The molecule has 0 unspecified atom stereocenters. The van der Waals surface area contributed by atoms with Gasteiger partial charge < -0.3 is 15.6 Å². The number of nitrogens with zero attached hydrogens (tertiary/aromatic N) is 2. The lowest BCUT2D eigenvalue weighted by Crippen LogP contribution is -2.33. The fraction of sp³-hybridized carbons (Fsp3) is 0.323. The Morgan fingerprint density at radius 3 is 2.30 bits per heavy atom. The molecule has 4 aromatic rings. The predicted octanol–water partition coefficient (Wildman–Crippen LogP) is 5.98. The van der Waals surface area contributed by atoms with Crippen molar-refractivity contribution in [3.8, 4) is 0 Å². The molecule has 37 heavy (non-hydrogen) atoms. The molecule has 1 fully saturated rings. The second-order valence-corrected chi connectivity index (χ2v) is 9.94. The van der Waals surface area contributed by atoms with Crippen molar-refractivity contribution >= 4 is 28.4 Å². The van der Waals surface area contributed by atoms with Gasteiger partial charge >= 0.3 is 0 Å². The van der Waals surface area contributed by atoms with Crippen LogP contribution in [0.5, 0.6) is 0 Å². The molecule has 6 nitrogen and oxygen atoms in total. The van der Waals surface area contributed by atoms with Crippen LogP contribution in [-0.4, -0.2) is 46.1 Å². The van der Waals surface area contributed by atoms with E-state index in [2.05, 4.69) is 16.8 Å². The Balaban J connectivity index is 1.42. The summed E-state index contributed by atoms with van der Waals surface area (Å²) in [6.07, 6.45) is 5.81. The number of carbonyl (C=O) groups excluding carboxylic acids is 2. The van der Waals surface area contributed by atoms with Crippen molar-refractivity contribution in [3.05, 3.63) is 94.7 Å². The first kappa shape index (κ1) is 24.9. The number of pyridine rings is 1. The zero-order valence-electron chi connectivity index (χ0n) is 21.4. The van der Waals surface area contributed by atoms with Crippen molar-refractivity contribution in [3.63, 3.8) is 0 Å². The molecular formula is C31H34N4O2. The molecule has 190 valence electrons. The summed E-state index contributed by atoms with van der Waals surface area (Å²) in [5.41, 5.74) is 10.7. The highest BCUT2D eigenvalue weighted by Gasteiger charge is 2.27. The first-order valence-corrected chi connectivity index (χ1v) is 13.3. The molecule has 3 N–H and O–H groups in total. The standard InChI is InChI=1S/C31H34N4O2/c1-2-3-9-18-35-19-16-21(17-20-35)27-28-25(34-31(27)32)14-15-26(33-28)30(37)24-13-8-7-12-23(24)29(36)22-10-5-4-6-11-22/h4-8,10-15,21,34H,2-3,9,16-20,32H2,1H3. The minimum Gasteiger partial charge on any atom is -0.385 e. The smallest absolute Gasteiger partial charge is 0.212 e. The summed E-state index contributed by atoms with van der Waals surface area (Å²) in [6.45, 7) is 5.49. The highest BCUT2D eigenvalue weighted by atomic mass is 16.1. The summed E-state index contributed by atoms with van der Waals surface area (Å²) in [6, 6.07) is 19.6. The third-order valence-corrected chi connectivity index (χ3v) is 7.47. The van der Waals surface area contributed by atoms with E-state index in [4.69, 9.17) is 10.7 Å². The molecule has 1 aliphatic heterocycles. The summed E-state index contributed by atoms with van der Waals surface area (Å²) in [4.78, 5) is 37.5. The van der Waals surface area contributed by atoms with Gasteiger partial charge in [0, 0.05) is 22.3 Å². The van der Waals surface area contributed by atoms with E-state index in [1.165, 1.54) is 19.3 Å². The maximum atomic E-state index is 13.6. The number of anilines is 1. The van der Waals surface area contributed by atoms with Crippen molar-refractivity contribution in [1.29, 1.82) is 0 Å². The maximum Gasteiger partial charge on any atom is 0.212 e. The quantitative estimate of drug-likeness (QED) is 0.221. The topological polar surface area (TPSA) is 92.1 Å². The van der Waals surface area contributed by atoms with Gasteiger partial charge in [-0.05, 0) is 56.9 Å². The van der Waals surface area contributed by atoms with Crippen LogP contribution >= 0.6 is 0 Å². The molecule has 5 rings (SSSR count). The number of H-pyrrole nitrogens is 1. The molecule has 0 aliphatic carbocycles. The van der Waals surface area contributed by atoms with Crippen LogP contribution in [0.15, 0.2) is 66.7 Å². The second kappa shape index (κ2) is 11.1. The van der Waals surface area contributed by atoms with Gasteiger partial charge in [-0.1, -0.05) is 74.4 Å². The molecule has 6 heteroatoms. The number of piperidine rings is 1. The minimum absolute atomic E-state index is 0.178. The minimum atomic E-state index is -0.266. The predicted molar refractivity (Wildman–Crippen MR) is 148 cm³/mol. The van der Waals surface area contributed by atoms with Crippen molar-refractivity contribution < 1.29 is 9.59 Å². The molecule has 0 saturated carbocycles. The number of ketones is 2. The number of nitrogen functional groups attached to an aromatic ring is 1. The third-order valence-electron chi connectivity index (χ3n) is 7.47. The molecule has 1 aliphatic rings. The number of nitrogens with two attached hydrogens (primary N) is 1. The Hall–Kier alpha value is -3.77. The van der Waals surface area contributed by atoms with Crippen LogP contribution in [0.1, 0.15) is 82.5 Å². The van der Waals surface area contributed by atoms with E-state index in [1.54, 1.807) is 42.5 Å². The van der Waals surface area contributed by atoms with Crippen LogP contribution < -0.4 is 5.73 Å². The van der Waals surface area contributed by atoms with Crippen molar-refractivity contribution in [2.75, 3.05) is 25.4 Å². The highest BCUT2D eigenvalue weighted by Crippen LogP contribution is 2.36. The molecule has 0 spiro atoms. The van der Waals surface area contributed by atoms with Crippen LogP contribution in [0.3, 0.4) is 0 Å². The number of hydrogen-bond acceptors (Lipinski definition) is 5. The van der Waals surface area contributed by atoms with E-state index in [9.17, 15) is 9.59 Å². The SMILES string of the molecule is CCCCCN1CCC(c2c(N)[nH]c3ccc(C(=O)c4ccccc4C(=O)c4ccccc4)nc23)CC1. The Bertz CT molecular complexity index is 1400.